The minimum Gasteiger partial charge on any atom is -0.294 e. The summed E-state index contributed by atoms with van der Waals surface area (Å²) in [6.45, 7) is 7.96. The van der Waals surface area contributed by atoms with Gasteiger partial charge in [-0.1, -0.05) is 26.3 Å². The molecule has 0 unspecified atom stereocenters. The zero-order valence-corrected chi connectivity index (χ0v) is 8.48. The summed E-state index contributed by atoms with van der Waals surface area (Å²) >= 11 is 0. The summed E-state index contributed by atoms with van der Waals surface area (Å²) in [5.41, 5.74) is 1.06. The van der Waals surface area contributed by atoms with Crippen molar-refractivity contribution in [2.75, 3.05) is 0 Å². The highest BCUT2D eigenvalue weighted by molar-refractivity contribution is 5.94. The standard InChI is InChI=1S/C11H18O/c1-8(9-5-6-9)7-10(12)11(2,3)4/h7,9H,5-6H2,1-4H3/b8-7+. The number of ketones is 1. The largest absolute Gasteiger partial charge is 0.294 e. The lowest BCUT2D eigenvalue weighted by molar-refractivity contribution is -0.121. The lowest BCUT2D eigenvalue weighted by Crippen LogP contribution is -2.17. The number of carbonyl (C=O) groups excluding carboxylic acids is 1. The van der Waals surface area contributed by atoms with Crippen molar-refractivity contribution < 1.29 is 4.79 Å². The van der Waals surface area contributed by atoms with Gasteiger partial charge in [0, 0.05) is 5.41 Å². The molecule has 0 heterocycles. The molecule has 1 saturated carbocycles. The molecule has 0 aliphatic heterocycles. The predicted molar refractivity (Wildman–Crippen MR) is 50.9 cm³/mol. The molecular weight excluding hydrogens is 148 g/mol. The van der Waals surface area contributed by atoms with Gasteiger partial charge in [-0.3, -0.25) is 4.79 Å². The van der Waals surface area contributed by atoms with Crippen molar-refractivity contribution >= 4 is 5.78 Å². The van der Waals surface area contributed by atoms with Crippen molar-refractivity contribution in [2.45, 2.75) is 40.5 Å². The third-order valence-corrected chi connectivity index (χ3v) is 2.32. The summed E-state index contributed by atoms with van der Waals surface area (Å²) in [4.78, 5) is 11.5. The lowest BCUT2D eigenvalue weighted by atomic mass is 9.89. The fraction of sp³-hybridized carbons (Fsp3) is 0.727. The van der Waals surface area contributed by atoms with Crippen LogP contribution in [0.3, 0.4) is 0 Å². The van der Waals surface area contributed by atoms with E-state index in [0.29, 0.717) is 0 Å². The van der Waals surface area contributed by atoms with Gasteiger partial charge < -0.3 is 0 Å². The van der Waals surface area contributed by atoms with Crippen LogP contribution in [0.25, 0.3) is 0 Å². The van der Waals surface area contributed by atoms with E-state index in [1.807, 2.05) is 26.8 Å². The summed E-state index contributed by atoms with van der Waals surface area (Å²) in [6, 6.07) is 0. The van der Waals surface area contributed by atoms with Gasteiger partial charge in [0.25, 0.3) is 0 Å². The Bertz CT molecular complexity index is 214. The molecule has 0 N–H and O–H groups in total. The Hall–Kier alpha value is -0.590. The third-order valence-electron chi connectivity index (χ3n) is 2.32. The van der Waals surface area contributed by atoms with Crippen LogP contribution >= 0.6 is 0 Å². The fourth-order valence-corrected chi connectivity index (χ4v) is 1.08. The zero-order valence-electron chi connectivity index (χ0n) is 8.48. The number of rotatable bonds is 2. The Kier molecular flexibility index (Phi) is 2.41. The molecule has 0 spiro atoms. The minimum absolute atomic E-state index is 0.212. The van der Waals surface area contributed by atoms with Crippen LogP contribution in [0, 0.1) is 11.3 Å². The molecule has 0 atom stereocenters. The molecule has 0 aromatic rings. The molecule has 0 aromatic heterocycles. The smallest absolute Gasteiger partial charge is 0.160 e. The first-order chi connectivity index (χ1) is 5.41. The van der Waals surface area contributed by atoms with Gasteiger partial charge in [0.2, 0.25) is 0 Å². The summed E-state index contributed by atoms with van der Waals surface area (Å²) in [5, 5.41) is 0. The molecular formula is C11H18O. The van der Waals surface area contributed by atoms with Crippen molar-refractivity contribution in [2.24, 2.45) is 11.3 Å². The third kappa shape index (κ3) is 2.47. The van der Waals surface area contributed by atoms with E-state index >= 15 is 0 Å². The van der Waals surface area contributed by atoms with E-state index in [4.69, 9.17) is 0 Å². The molecule has 0 amide bonds. The SMILES string of the molecule is C/C(=C\C(=O)C(C)(C)C)C1CC1. The van der Waals surface area contributed by atoms with Crippen LogP contribution in [-0.4, -0.2) is 5.78 Å². The van der Waals surface area contributed by atoms with E-state index in [-0.39, 0.29) is 11.2 Å². The quantitative estimate of drug-likeness (QED) is 0.576. The van der Waals surface area contributed by atoms with E-state index < -0.39 is 0 Å². The van der Waals surface area contributed by atoms with Crippen LogP contribution in [0.4, 0.5) is 0 Å². The van der Waals surface area contributed by atoms with Gasteiger partial charge in [0.05, 0.1) is 0 Å². The maximum atomic E-state index is 11.5. The van der Waals surface area contributed by atoms with Crippen LogP contribution < -0.4 is 0 Å². The Morgan fingerprint density at radius 2 is 1.83 bits per heavy atom. The van der Waals surface area contributed by atoms with Crippen LogP contribution in [0.5, 0.6) is 0 Å². The molecule has 0 radical (unpaired) electrons. The summed E-state index contributed by atoms with van der Waals surface area (Å²) < 4.78 is 0. The molecule has 0 aromatic carbocycles. The Balaban J connectivity index is 2.59. The van der Waals surface area contributed by atoms with Gasteiger partial charge in [0.1, 0.15) is 0 Å². The average molecular weight is 166 g/mol. The molecule has 1 heteroatoms. The first-order valence-corrected chi connectivity index (χ1v) is 4.64. The molecule has 1 rings (SSSR count). The maximum absolute atomic E-state index is 11.5. The lowest BCUT2D eigenvalue weighted by Gasteiger charge is -2.13. The number of hydrogen-bond acceptors (Lipinski definition) is 1. The molecule has 12 heavy (non-hydrogen) atoms. The highest BCUT2D eigenvalue weighted by atomic mass is 16.1. The molecule has 1 nitrogen and oxygen atoms in total. The van der Waals surface area contributed by atoms with Gasteiger partial charge >= 0.3 is 0 Å². The summed E-state index contributed by atoms with van der Waals surface area (Å²) in [6.07, 6.45) is 4.39. The normalized spacial score (nSPS) is 19.5. The monoisotopic (exact) mass is 166 g/mol. The molecule has 68 valence electrons. The topological polar surface area (TPSA) is 17.1 Å². The van der Waals surface area contributed by atoms with Crippen LogP contribution in [-0.2, 0) is 4.79 Å². The van der Waals surface area contributed by atoms with E-state index in [1.54, 1.807) is 0 Å². The van der Waals surface area contributed by atoms with Gasteiger partial charge in [-0.25, -0.2) is 0 Å². The van der Waals surface area contributed by atoms with Crippen molar-refractivity contribution in [3.8, 4) is 0 Å². The average Bonchev–Trinajstić information content (AvgIpc) is 2.65. The number of allylic oxidation sites excluding steroid dienone is 2. The molecule has 1 fully saturated rings. The summed E-state index contributed by atoms with van der Waals surface area (Å²) in [7, 11) is 0. The Labute approximate surface area is 74.9 Å². The predicted octanol–water partition coefficient (Wildman–Crippen LogP) is 2.96. The van der Waals surface area contributed by atoms with Crippen molar-refractivity contribution in [3.63, 3.8) is 0 Å². The number of hydrogen-bond donors (Lipinski definition) is 0. The van der Waals surface area contributed by atoms with Gasteiger partial charge in [-0.2, -0.15) is 0 Å². The summed E-state index contributed by atoms with van der Waals surface area (Å²) in [5.74, 6) is 0.975. The Morgan fingerprint density at radius 3 is 2.17 bits per heavy atom. The Morgan fingerprint density at radius 1 is 1.33 bits per heavy atom. The van der Waals surface area contributed by atoms with Crippen molar-refractivity contribution in [1.29, 1.82) is 0 Å². The van der Waals surface area contributed by atoms with Crippen LogP contribution in [0.2, 0.25) is 0 Å². The number of carbonyl (C=O) groups is 1. The second kappa shape index (κ2) is 3.04. The van der Waals surface area contributed by atoms with E-state index in [0.717, 1.165) is 5.92 Å². The van der Waals surface area contributed by atoms with E-state index in [1.165, 1.54) is 18.4 Å². The van der Waals surface area contributed by atoms with Gasteiger partial charge in [-0.05, 0) is 31.8 Å². The van der Waals surface area contributed by atoms with Crippen molar-refractivity contribution in [1.82, 2.24) is 0 Å². The van der Waals surface area contributed by atoms with Gasteiger partial charge in [-0.15, -0.1) is 0 Å². The minimum atomic E-state index is -0.212. The molecule has 1 aliphatic rings. The second-order valence-corrected chi connectivity index (χ2v) is 4.78. The highest BCUT2D eigenvalue weighted by Crippen LogP contribution is 2.36. The first kappa shape index (κ1) is 9.50. The molecule has 0 bridgehead atoms. The van der Waals surface area contributed by atoms with Crippen LogP contribution in [0.15, 0.2) is 11.6 Å². The highest BCUT2D eigenvalue weighted by Gasteiger charge is 2.25. The van der Waals surface area contributed by atoms with Crippen LogP contribution in [0.1, 0.15) is 40.5 Å². The van der Waals surface area contributed by atoms with Crippen molar-refractivity contribution in [3.05, 3.63) is 11.6 Å². The fourth-order valence-electron chi connectivity index (χ4n) is 1.08. The second-order valence-electron chi connectivity index (χ2n) is 4.78. The molecule has 0 saturated heterocycles. The van der Waals surface area contributed by atoms with E-state index in [9.17, 15) is 4.79 Å². The molecule has 1 aliphatic carbocycles. The van der Waals surface area contributed by atoms with E-state index in [2.05, 4.69) is 6.92 Å². The van der Waals surface area contributed by atoms with Gasteiger partial charge in [0.15, 0.2) is 5.78 Å². The first-order valence-electron chi connectivity index (χ1n) is 4.64. The zero-order chi connectivity index (χ0) is 9.35. The maximum Gasteiger partial charge on any atom is 0.160 e.